The van der Waals surface area contributed by atoms with Crippen molar-refractivity contribution >= 4 is 23.2 Å². The largest absolute Gasteiger partial charge is 0.481 e. The minimum atomic E-state index is -0.393. The molecule has 0 aliphatic heterocycles. The minimum Gasteiger partial charge on any atom is -0.481 e. The van der Waals surface area contributed by atoms with Gasteiger partial charge in [-0.15, -0.1) is 0 Å². The van der Waals surface area contributed by atoms with Crippen LogP contribution >= 0.6 is 11.6 Å². The normalized spacial score (nSPS) is 9.65. The van der Waals surface area contributed by atoms with Crippen LogP contribution in [0, 0.1) is 11.3 Å². The molecular formula is C14H10ClN3O2. The Balaban J connectivity index is 2.29. The molecule has 0 spiro atoms. The van der Waals surface area contributed by atoms with Crippen molar-refractivity contribution in [1.29, 1.82) is 5.26 Å². The number of aromatic nitrogens is 1. The number of anilines is 1. The molecule has 1 heterocycles. The number of hydrogen-bond acceptors (Lipinski definition) is 4. The van der Waals surface area contributed by atoms with Crippen LogP contribution < -0.4 is 10.1 Å². The van der Waals surface area contributed by atoms with Gasteiger partial charge in [-0.25, -0.2) is 4.98 Å². The number of ether oxygens (including phenoxy) is 1. The maximum absolute atomic E-state index is 12.1. The molecule has 0 saturated heterocycles. The van der Waals surface area contributed by atoms with Crippen LogP contribution in [0.4, 0.5) is 5.69 Å². The van der Waals surface area contributed by atoms with E-state index >= 15 is 0 Å². The summed E-state index contributed by atoms with van der Waals surface area (Å²) in [5.41, 5.74) is 1.12. The van der Waals surface area contributed by atoms with Crippen LogP contribution in [0.1, 0.15) is 15.9 Å². The van der Waals surface area contributed by atoms with E-state index in [0.29, 0.717) is 16.8 Å². The Morgan fingerprint density at radius 2 is 2.15 bits per heavy atom. The molecule has 0 aliphatic carbocycles. The maximum Gasteiger partial charge on any atom is 0.256 e. The number of pyridine rings is 1. The summed E-state index contributed by atoms with van der Waals surface area (Å²) in [5, 5.41) is 11.8. The number of nitriles is 1. The highest BCUT2D eigenvalue weighted by molar-refractivity contribution is 6.30. The molecule has 20 heavy (non-hydrogen) atoms. The average Bonchev–Trinajstić information content (AvgIpc) is 2.47. The highest BCUT2D eigenvalue weighted by atomic mass is 35.5. The minimum absolute atomic E-state index is 0.156. The summed E-state index contributed by atoms with van der Waals surface area (Å²) < 4.78 is 4.95. The van der Waals surface area contributed by atoms with E-state index < -0.39 is 5.91 Å². The molecule has 0 bridgehead atoms. The van der Waals surface area contributed by atoms with Gasteiger partial charge in [0.05, 0.1) is 18.4 Å². The molecule has 0 radical (unpaired) electrons. The lowest BCUT2D eigenvalue weighted by atomic mass is 10.2. The third kappa shape index (κ3) is 3.05. The van der Waals surface area contributed by atoms with Crippen molar-refractivity contribution in [3.8, 4) is 11.9 Å². The lowest BCUT2D eigenvalue weighted by Crippen LogP contribution is -2.13. The van der Waals surface area contributed by atoms with E-state index in [1.807, 2.05) is 6.07 Å². The number of benzene rings is 1. The van der Waals surface area contributed by atoms with Gasteiger partial charge >= 0.3 is 0 Å². The Labute approximate surface area is 120 Å². The summed E-state index contributed by atoms with van der Waals surface area (Å²) in [4.78, 5) is 16.0. The van der Waals surface area contributed by atoms with Gasteiger partial charge in [0.15, 0.2) is 0 Å². The van der Waals surface area contributed by atoms with Crippen molar-refractivity contribution in [1.82, 2.24) is 4.98 Å². The first-order chi connectivity index (χ1) is 9.63. The smallest absolute Gasteiger partial charge is 0.256 e. The van der Waals surface area contributed by atoms with Crippen LogP contribution in [-0.4, -0.2) is 18.0 Å². The van der Waals surface area contributed by atoms with Gasteiger partial charge in [-0.2, -0.15) is 5.26 Å². The summed E-state index contributed by atoms with van der Waals surface area (Å²) in [7, 11) is 1.44. The zero-order valence-corrected chi connectivity index (χ0v) is 11.3. The fourth-order valence-electron chi connectivity index (χ4n) is 1.59. The van der Waals surface area contributed by atoms with Gasteiger partial charge in [0.1, 0.15) is 11.2 Å². The molecular weight excluding hydrogens is 278 g/mol. The summed E-state index contributed by atoms with van der Waals surface area (Å²) >= 11 is 5.81. The van der Waals surface area contributed by atoms with Crippen molar-refractivity contribution < 1.29 is 9.53 Å². The Hall–Kier alpha value is -2.58. The first-order valence-corrected chi connectivity index (χ1v) is 6.04. The second-order valence-electron chi connectivity index (χ2n) is 3.83. The van der Waals surface area contributed by atoms with Crippen molar-refractivity contribution in [2.45, 2.75) is 0 Å². The number of para-hydroxylation sites is 1. The number of hydrogen-bond donors (Lipinski definition) is 1. The quantitative estimate of drug-likeness (QED) is 0.881. The van der Waals surface area contributed by atoms with E-state index in [1.54, 1.807) is 24.3 Å². The maximum atomic E-state index is 12.1. The Morgan fingerprint density at radius 3 is 2.85 bits per heavy atom. The fourth-order valence-corrected chi connectivity index (χ4v) is 1.79. The van der Waals surface area contributed by atoms with Crippen molar-refractivity contribution in [2.24, 2.45) is 0 Å². The summed E-state index contributed by atoms with van der Waals surface area (Å²) in [6, 6.07) is 11.6. The Morgan fingerprint density at radius 1 is 1.40 bits per heavy atom. The van der Waals surface area contributed by atoms with Crippen LogP contribution in [0.5, 0.6) is 5.88 Å². The van der Waals surface area contributed by atoms with Gasteiger partial charge in [-0.05, 0) is 18.2 Å². The first-order valence-electron chi connectivity index (χ1n) is 5.66. The van der Waals surface area contributed by atoms with Gasteiger partial charge < -0.3 is 10.1 Å². The predicted octanol–water partition coefficient (Wildman–Crippen LogP) is 2.87. The van der Waals surface area contributed by atoms with Gasteiger partial charge in [-0.1, -0.05) is 23.7 Å². The molecule has 6 heteroatoms. The molecule has 0 atom stereocenters. The second kappa shape index (κ2) is 6.04. The van der Waals surface area contributed by atoms with E-state index in [9.17, 15) is 4.79 Å². The molecule has 2 rings (SSSR count). The van der Waals surface area contributed by atoms with Gasteiger partial charge in [0.2, 0.25) is 5.88 Å². The van der Waals surface area contributed by atoms with Crippen molar-refractivity contribution in [2.75, 3.05) is 12.4 Å². The van der Waals surface area contributed by atoms with E-state index in [-0.39, 0.29) is 11.0 Å². The van der Waals surface area contributed by atoms with Gasteiger partial charge in [0.25, 0.3) is 5.91 Å². The van der Waals surface area contributed by atoms with E-state index in [2.05, 4.69) is 10.3 Å². The number of rotatable bonds is 3. The SMILES string of the molecule is COc1cc(C(=O)Nc2ccccc2C#N)cc(Cl)n1. The molecule has 0 fully saturated rings. The van der Waals surface area contributed by atoms with E-state index in [0.717, 1.165) is 0 Å². The Bertz CT molecular complexity index is 695. The second-order valence-corrected chi connectivity index (χ2v) is 4.22. The predicted molar refractivity (Wildman–Crippen MR) is 74.9 cm³/mol. The molecule has 0 aliphatic rings. The van der Waals surface area contributed by atoms with E-state index in [4.69, 9.17) is 21.6 Å². The Kier molecular flexibility index (Phi) is 4.18. The summed E-state index contributed by atoms with van der Waals surface area (Å²) in [6.07, 6.45) is 0. The highest BCUT2D eigenvalue weighted by Crippen LogP contribution is 2.19. The number of halogens is 1. The zero-order chi connectivity index (χ0) is 14.5. The van der Waals surface area contributed by atoms with E-state index in [1.165, 1.54) is 19.2 Å². The number of methoxy groups -OCH3 is 1. The topological polar surface area (TPSA) is 75.0 Å². The van der Waals surface area contributed by atoms with Crippen molar-refractivity contribution in [3.63, 3.8) is 0 Å². The highest BCUT2D eigenvalue weighted by Gasteiger charge is 2.11. The first kappa shape index (κ1) is 13.8. The molecule has 1 N–H and O–H groups in total. The average molecular weight is 288 g/mol. The molecule has 100 valence electrons. The number of carbonyl (C=O) groups is 1. The van der Waals surface area contributed by atoms with Crippen molar-refractivity contribution in [3.05, 3.63) is 52.7 Å². The number of nitrogens with zero attached hydrogens (tertiary/aromatic N) is 2. The van der Waals surface area contributed by atoms with Crippen LogP contribution in [0.15, 0.2) is 36.4 Å². The van der Waals surface area contributed by atoms with Gasteiger partial charge in [0, 0.05) is 11.6 Å². The fraction of sp³-hybridized carbons (Fsp3) is 0.0714. The third-order valence-electron chi connectivity index (χ3n) is 2.54. The lowest BCUT2D eigenvalue weighted by Gasteiger charge is -2.08. The van der Waals surface area contributed by atoms with Crippen LogP contribution in [0.2, 0.25) is 5.15 Å². The zero-order valence-electron chi connectivity index (χ0n) is 10.6. The molecule has 1 aromatic heterocycles. The van der Waals surface area contributed by atoms with Crippen LogP contribution in [0.25, 0.3) is 0 Å². The van der Waals surface area contributed by atoms with Crippen LogP contribution in [0.3, 0.4) is 0 Å². The number of nitrogens with one attached hydrogen (secondary N) is 1. The lowest BCUT2D eigenvalue weighted by molar-refractivity contribution is 0.102. The summed E-state index contributed by atoms with van der Waals surface area (Å²) in [6.45, 7) is 0. The molecule has 2 aromatic rings. The van der Waals surface area contributed by atoms with Crippen LogP contribution in [-0.2, 0) is 0 Å². The number of carbonyl (C=O) groups excluding carboxylic acids is 1. The standard InChI is InChI=1S/C14H10ClN3O2/c1-20-13-7-10(6-12(15)18-13)14(19)17-11-5-3-2-4-9(11)8-16/h2-7H,1H3,(H,17,19). The third-order valence-corrected chi connectivity index (χ3v) is 2.73. The molecule has 0 saturated carbocycles. The molecule has 1 amide bonds. The summed E-state index contributed by atoms with van der Waals surface area (Å²) in [5.74, 6) is -0.147. The van der Waals surface area contributed by atoms with Gasteiger partial charge in [-0.3, -0.25) is 4.79 Å². The molecule has 5 nitrogen and oxygen atoms in total. The number of amides is 1. The molecule has 0 unspecified atom stereocenters. The molecule has 1 aromatic carbocycles. The monoisotopic (exact) mass is 287 g/mol.